The van der Waals surface area contributed by atoms with E-state index in [2.05, 4.69) is 6.92 Å². The minimum absolute atomic E-state index is 0.152. The van der Waals surface area contributed by atoms with E-state index in [0.29, 0.717) is 5.56 Å². The fourth-order valence-electron chi connectivity index (χ4n) is 3.08. The van der Waals surface area contributed by atoms with Gasteiger partial charge in [-0.1, -0.05) is 25.8 Å². The van der Waals surface area contributed by atoms with Crippen molar-refractivity contribution in [2.24, 2.45) is 5.41 Å². The van der Waals surface area contributed by atoms with E-state index in [1.165, 1.54) is 6.07 Å². The lowest BCUT2D eigenvalue weighted by Crippen LogP contribution is -2.23. The summed E-state index contributed by atoms with van der Waals surface area (Å²) in [7, 11) is 0. The predicted octanol–water partition coefficient (Wildman–Crippen LogP) is 4.06. The van der Waals surface area contributed by atoms with Crippen molar-refractivity contribution in [3.05, 3.63) is 34.6 Å². The Morgan fingerprint density at radius 2 is 1.82 bits per heavy atom. The van der Waals surface area contributed by atoms with E-state index in [0.717, 1.165) is 36.8 Å². The number of hydrogen-bond acceptors (Lipinski definition) is 1. The van der Waals surface area contributed by atoms with Gasteiger partial charge in [0.25, 0.3) is 0 Å². The van der Waals surface area contributed by atoms with Crippen LogP contribution in [0.15, 0.2) is 12.1 Å². The summed E-state index contributed by atoms with van der Waals surface area (Å²) in [5, 5.41) is 10.5. The second kappa shape index (κ2) is 4.41. The van der Waals surface area contributed by atoms with Gasteiger partial charge in [-0.3, -0.25) is 0 Å². The molecule has 0 aromatic heterocycles. The molecule has 1 nitrogen and oxygen atoms in total. The van der Waals surface area contributed by atoms with Crippen molar-refractivity contribution in [2.45, 2.75) is 52.6 Å². The molecule has 1 aromatic carbocycles. The summed E-state index contributed by atoms with van der Waals surface area (Å²) >= 11 is 0. The topological polar surface area (TPSA) is 20.2 Å². The molecule has 0 spiro atoms. The van der Waals surface area contributed by atoms with Gasteiger partial charge < -0.3 is 5.11 Å². The molecule has 1 unspecified atom stereocenters. The third-order valence-electron chi connectivity index (χ3n) is 4.16. The zero-order chi connectivity index (χ0) is 12.6. The Morgan fingerprint density at radius 3 is 2.35 bits per heavy atom. The summed E-state index contributed by atoms with van der Waals surface area (Å²) in [6, 6.07) is 3.46. The molecular weight excluding hydrogens is 215 g/mol. The highest BCUT2D eigenvalue weighted by Gasteiger charge is 2.38. The number of rotatable bonds is 2. The molecule has 1 N–H and O–H groups in total. The molecule has 17 heavy (non-hydrogen) atoms. The maximum absolute atomic E-state index is 14.0. The Hall–Kier alpha value is -0.890. The molecule has 0 heterocycles. The average molecular weight is 236 g/mol. The molecule has 0 aliphatic heterocycles. The summed E-state index contributed by atoms with van der Waals surface area (Å²) in [5.74, 6) is -0.261. The van der Waals surface area contributed by atoms with Crippen LogP contribution >= 0.6 is 0 Å². The van der Waals surface area contributed by atoms with E-state index in [1.807, 2.05) is 19.9 Å². The molecule has 0 bridgehead atoms. The molecule has 1 aromatic rings. The van der Waals surface area contributed by atoms with Crippen molar-refractivity contribution in [2.75, 3.05) is 0 Å². The highest BCUT2D eigenvalue weighted by molar-refractivity contribution is 5.34. The molecule has 1 atom stereocenters. The van der Waals surface area contributed by atoms with E-state index in [4.69, 9.17) is 0 Å². The summed E-state index contributed by atoms with van der Waals surface area (Å²) in [6.07, 6.45) is 3.58. The molecule has 0 saturated heterocycles. The molecule has 2 rings (SSSR count). The van der Waals surface area contributed by atoms with Gasteiger partial charge in [-0.15, -0.1) is 0 Å². The summed E-state index contributed by atoms with van der Waals surface area (Å²) in [4.78, 5) is 0. The third-order valence-corrected chi connectivity index (χ3v) is 4.16. The SMILES string of the molecule is Cc1cc(C)c(C(O)C2(C)CCCC2)c(F)c1. The molecule has 1 fully saturated rings. The van der Waals surface area contributed by atoms with Gasteiger partial charge in [0.1, 0.15) is 5.82 Å². The van der Waals surface area contributed by atoms with Gasteiger partial charge in [-0.05, 0) is 49.3 Å². The average Bonchev–Trinajstić information content (AvgIpc) is 2.64. The van der Waals surface area contributed by atoms with Crippen molar-refractivity contribution < 1.29 is 9.50 Å². The highest BCUT2D eigenvalue weighted by Crippen LogP contribution is 2.48. The maximum Gasteiger partial charge on any atom is 0.129 e. The zero-order valence-corrected chi connectivity index (χ0v) is 10.9. The normalized spacial score (nSPS) is 20.5. The minimum atomic E-state index is -0.675. The van der Waals surface area contributed by atoms with Crippen molar-refractivity contribution in [3.8, 4) is 0 Å². The quantitative estimate of drug-likeness (QED) is 0.821. The summed E-state index contributed by atoms with van der Waals surface area (Å²) in [5.41, 5.74) is 2.12. The van der Waals surface area contributed by atoms with Gasteiger partial charge >= 0.3 is 0 Å². The van der Waals surface area contributed by atoms with Crippen LogP contribution in [0.5, 0.6) is 0 Å². The minimum Gasteiger partial charge on any atom is -0.388 e. The highest BCUT2D eigenvalue weighted by atomic mass is 19.1. The monoisotopic (exact) mass is 236 g/mol. The second-order valence-electron chi connectivity index (χ2n) is 5.74. The van der Waals surface area contributed by atoms with E-state index < -0.39 is 6.10 Å². The Balaban J connectivity index is 2.40. The first-order chi connectivity index (χ1) is 7.94. The first-order valence-electron chi connectivity index (χ1n) is 6.39. The molecule has 1 aliphatic carbocycles. The molecule has 1 aliphatic rings. The number of hydrogen-bond donors (Lipinski definition) is 1. The lowest BCUT2D eigenvalue weighted by Gasteiger charge is -2.31. The first-order valence-corrected chi connectivity index (χ1v) is 6.39. The fraction of sp³-hybridized carbons (Fsp3) is 0.600. The smallest absolute Gasteiger partial charge is 0.129 e. The molecule has 94 valence electrons. The fourth-order valence-corrected chi connectivity index (χ4v) is 3.08. The number of benzene rings is 1. The van der Waals surface area contributed by atoms with Crippen LogP contribution in [-0.4, -0.2) is 5.11 Å². The number of halogens is 1. The van der Waals surface area contributed by atoms with E-state index >= 15 is 0 Å². The maximum atomic E-state index is 14.0. The standard InChI is InChI=1S/C15H21FO/c1-10-8-11(2)13(12(16)9-10)14(17)15(3)6-4-5-7-15/h8-9,14,17H,4-7H2,1-3H3. The van der Waals surface area contributed by atoms with Crippen molar-refractivity contribution in [1.29, 1.82) is 0 Å². The zero-order valence-electron chi connectivity index (χ0n) is 10.9. The Morgan fingerprint density at radius 1 is 1.24 bits per heavy atom. The van der Waals surface area contributed by atoms with Crippen LogP contribution in [0.3, 0.4) is 0 Å². The van der Waals surface area contributed by atoms with Gasteiger partial charge in [0, 0.05) is 5.56 Å². The molecule has 0 radical (unpaired) electrons. The van der Waals surface area contributed by atoms with E-state index in [9.17, 15) is 9.50 Å². The summed E-state index contributed by atoms with van der Waals surface area (Å²) < 4.78 is 14.0. The Bertz CT molecular complexity index is 396. The van der Waals surface area contributed by atoms with Crippen LogP contribution in [0.25, 0.3) is 0 Å². The van der Waals surface area contributed by atoms with Gasteiger partial charge in [0.05, 0.1) is 6.10 Å². The molecule has 2 heteroatoms. The van der Waals surface area contributed by atoms with E-state index in [1.54, 1.807) is 0 Å². The van der Waals surface area contributed by atoms with Crippen molar-refractivity contribution >= 4 is 0 Å². The van der Waals surface area contributed by atoms with Gasteiger partial charge in [-0.25, -0.2) is 4.39 Å². The van der Waals surface area contributed by atoms with Crippen LogP contribution in [0.4, 0.5) is 4.39 Å². The first kappa shape index (κ1) is 12.6. The van der Waals surface area contributed by atoms with Crippen LogP contribution in [0, 0.1) is 25.1 Å². The predicted molar refractivity (Wildman–Crippen MR) is 67.4 cm³/mol. The number of aryl methyl sites for hydroxylation is 2. The van der Waals surface area contributed by atoms with Crippen LogP contribution in [0.2, 0.25) is 0 Å². The molecule has 0 amide bonds. The largest absolute Gasteiger partial charge is 0.388 e. The van der Waals surface area contributed by atoms with E-state index in [-0.39, 0.29) is 11.2 Å². The van der Waals surface area contributed by atoms with Crippen molar-refractivity contribution in [1.82, 2.24) is 0 Å². The van der Waals surface area contributed by atoms with Crippen molar-refractivity contribution in [3.63, 3.8) is 0 Å². The van der Waals surface area contributed by atoms with Gasteiger partial charge in [0.15, 0.2) is 0 Å². The third kappa shape index (κ3) is 2.23. The Labute approximate surface area is 103 Å². The van der Waals surface area contributed by atoms with Crippen LogP contribution < -0.4 is 0 Å². The molecular formula is C15H21FO. The Kier molecular flexibility index (Phi) is 3.26. The second-order valence-corrected chi connectivity index (χ2v) is 5.74. The number of aliphatic hydroxyl groups excluding tert-OH is 1. The van der Waals surface area contributed by atoms with Gasteiger partial charge in [0.2, 0.25) is 0 Å². The lowest BCUT2D eigenvalue weighted by atomic mass is 9.78. The molecule has 1 saturated carbocycles. The lowest BCUT2D eigenvalue weighted by molar-refractivity contribution is 0.0374. The van der Waals surface area contributed by atoms with Crippen LogP contribution in [0.1, 0.15) is 55.4 Å². The summed E-state index contributed by atoms with van der Waals surface area (Å²) in [6.45, 7) is 5.83. The van der Waals surface area contributed by atoms with Crippen LogP contribution in [-0.2, 0) is 0 Å². The number of aliphatic hydroxyl groups is 1. The van der Waals surface area contributed by atoms with Gasteiger partial charge in [-0.2, -0.15) is 0 Å².